The van der Waals surface area contributed by atoms with Crippen LogP contribution in [-0.4, -0.2) is 39.6 Å². The topological polar surface area (TPSA) is 92.9 Å². The first-order chi connectivity index (χ1) is 13.4. The molecule has 7 nitrogen and oxygen atoms in total. The first kappa shape index (κ1) is 19.9. The maximum Gasteiger partial charge on any atom is 0.308 e. The number of benzene rings is 1. The number of aryl methyl sites for hydroxylation is 2. The largest absolute Gasteiger partial charge is 0.489 e. The fraction of sp³-hybridized carbons (Fsp3) is 0.476. The molecule has 0 unspecified atom stereocenters. The Balaban J connectivity index is 1.58. The number of hydrogen-bond acceptors (Lipinski definition) is 5. The number of aromatic nitrogens is 1. The second kappa shape index (κ2) is 8.46. The maximum atomic E-state index is 12.7. The summed E-state index contributed by atoms with van der Waals surface area (Å²) in [5.41, 5.74) is 2.63. The Morgan fingerprint density at radius 2 is 2.00 bits per heavy atom. The Hall–Kier alpha value is -2.83. The van der Waals surface area contributed by atoms with Gasteiger partial charge in [0, 0.05) is 12.6 Å². The number of likely N-dealkylation sites (tertiary alicyclic amines) is 1. The van der Waals surface area contributed by atoms with Crippen LogP contribution in [0.25, 0.3) is 0 Å². The third-order valence-electron chi connectivity index (χ3n) is 5.47. The summed E-state index contributed by atoms with van der Waals surface area (Å²) < 4.78 is 10.9. The molecule has 0 bridgehead atoms. The van der Waals surface area contributed by atoms with Crippen LogP contribution in [0.5, 0.6) is 5.75 Å². The number of amides is 1. The molecule has 3 rings (SSSR count). The fourth-order valence-electron chi connectivity index (χ4n) is 3.67. The molecular formula is C21H26N2O5. The number of ether oxygens (including phenoxy) is 1. The lowest BCUT2D eigenvalue weighted by molar-refractivity contribution is -0.148. The van der Waals surface area contributed by atoms with Crippen molar-refractivity contribution in [1.82, 2.24) is 10.1 Å². The normalized spacial score (nSPS) is 19.5. The van der Waals surface area contributed by atoms with E-state index >= 15 is 0 Å². The number of carboxylic acid groups (broad SMARTS) is 1. The number of carbonyl (C=O) groups excluding carboxylic acids is 1. The first-order valence-electron chi connectivity index (χ1n) is 9.52. The number of aliphatic carboxylic acids is 1. The van der Waals surface area contributed by atoms with Gasteiger partial charge < -0.3 is 19.3 Å². The van der Waals surface area contributed by atoms with Gasteiger partial charge in [0.2, 0.25) is 5.91 Å². The van der Waals surface area contributed by atoms with Crippen molar-refractivity contribution in [3.05, 3.63) is 46.8 Å². The minimum atomic E-state index is -0.829. The van der Waals surface area contributed by atoms with Crippen molar-refractivity contribution < 1.29 is 24.0 Å². The maximum absolute atomic E-state index is 12.7. The molecule has 7 heteroatoms. The average Bonchev–Trinajstić information content (AvgIpc) is 2.99. The molecule has 1 aliphatic rings. The molecule has 1 amide bonds. The van der Waals surface area contributed by atoms with Gasteiger partial charge in [-0.1, -0.05) is 17.3 Å². The molecule has 1 aromatic heterocycles. The summed E-state index contributed by atoms with van der Waals surface area (Å²) in [5.74, 6) is 0.0916. The summed E-state index contributed by atoms with van der Waals surface area (Å²) in [6.07, 6.45) is 1.60. The van der Waals surface area contributed by atoms with Crippen LogP contribution in [0.1, 0.15) is 42.3 Å². The molecule has 2 heterocycles. The number of carboxylic acids is 1. The predicted molar refractivity (Wildman–Crippen MR) is 102 cm³/mol. The molecule has 1 aromatic carbocycles. The Labute approximate surface area is 164 Å². The van der Waals surface area contributed by atoms with Gasteiger partial charge in [0.1, 0.15) is 18.1 Å². The highest BCUT2D eigenvalue weighted by atomic mass is 16.5. The molecule has 0 aliphatic carbocycles. The van der Waals surface area contributed by atoms with Gasteiger partial charge in [0.05, 0.1) is 23.6 Å². The van der Waals surface area contributed by atoms with E-state index in [1.807, 2.05) is 45.0 Å². The second-order valence-corrected chi connectivity index (χ2v) is 7.33. The number of carbonyl (C=O) groups is 2. The van der Waals surface area contributed by atoms with Crippen molar-refractivity contribution >= 4 is 11.9 Å². The molecule has 1 fully saturated rings. The molecule has 150 valence electrons. The Morgan fingerprint density at radius 1 is 1.29 bits per heavy atom. The zero-order valence-electron chi connectivity index (χ0n) is 16.5. The quantitative estimate of drug-likeness (QED) is 0.820. The van der Waals surface area contributed by atoms with Gasteiger partial charge in [-0.3, -0.25) is 9.59 Å². The second-order valence-electron chi connectivity index (χ2n) is 7.33. The van der Waals surface area contributed by atoms with Crippen LogP contribution in [0.4, 0.5) is 0 Å². The van der Waals surface area contributed by atoms with Gasteiger partial charge in [-0.15, -0.1) is 0 Å². The zero-order chi connectivity index (χ0) is 20.3. The lowest BCUT2D eigenvalue weighted by Crippen LogP contribution is -2.49. The van der Waals surface area contributed by atoms with Crippen molar-refractivity contribution in [1.29, 1.82) is 0 Å². The lowest BCUT2D eigenvalue weighted by Gasteiger charge is -2.37. The predicted octanol–water partition coefficient (Wildman–Crippen LogP) is 3.12. The minimum absolute atomic E-state index is 0.0390. The minimum Gasteiger partial charge on any atom is -0.489 e. The third kappa shape index (κ3) is 4.35. The molecule has 0 spiro atoms. The highest BCUT2D eigenvalue weighted by Crippen LogP contribution is 2.25. The average molecular weight is 386 g/mol. The summed E-state index contributed by atoms with van der Waals surface area (Å²) in [6.45, 7) is 6.54. The number of hydrogen-bond donors (Lipinski definition) is 1. The van der Waals surface area contributed by atoms with E-state index in [0.717, 1.165) is 29.0 Å². The van der Waals surface area contributed by atoms with E-state index in [0.29, 0.717) is 25.3 Å². The molecule has 0 saturated carbocycles. The van der Waals surface area contributed by atoms with Gasteiger partial charge in [0.25, 0.3) is 0 Å². The molecule has 2 aromatic rings. The third-order valence-corrected chi connectivity index (χ3v) is 5.47. The van der Waals surface area contributed by atoms with Crippen LogP contribution in [0.2, 0.25) is 0 Å². The molecule has 0 radical (unpaired) electrons. The van der Waals surface area contributed by atoms with Crippen molar-refractivity contribution in [2.24, 2.45) is 5.92 Å². The number of piperidine rings is 1. The summed E-state index contributed by atoms with van der Waals surface area (Å²) in [4.78, 5) is 25.7. The van der Waals surface area contributed by atoms with Crippen molar-refractivity contribution in [3.8, 4) is 5.75 Å². The fourth-order valence-corrected chi connectivity index (χ4v) is 3.67. The van der Waals surface area contributed by atoms with Crippen molar-refractivity contribution in [3.63, 3.8) is 0 Å². The Morgan fingerprint density at radius 3 is 2.61 bits per heavy atom. The van der Waals surface area contributed by atoms with E-state index in [-0.39, 0.29) is 18.4 Å². The van der Waals surface area contributed by atoms with E-state index in [1.54, 1.807) is 4.90 Å². The van der Waals surface area contributed by atoms with E-state index in [9.17, 15) is 14.7 Å². The lowest BCUT2D eigenvalue weighted by atomic mass is 9.90. The molecule has 2 atom stereocenters. The monoisotopic (exact) mass is 386 g/mol. The molecular weight excluding hydrogens is 360 g/mol. The van der Waals surface area contributed by atoms with Crippen molar-refractivity contribution in [2.75, 3.05) is 6.54 Å². The van der Waals surface area contributed by atoms with Gasteiger partial charge in [-0.2, -0.15) is 0 Å². The van der Waals surface area contributed by atoms with Crippen LogP contribution >= 0.6 is 0 Å². The van der Waals surface area contributed by atoms with E-state index < -0.39 is 11.9 Å². The van der Waals surface area contributed by atoms with Gasteiger partial charge in [-0.05, 0) is 51.3 Å². The van der Waals surface area contributed by atoms with Crippen LogP contribution in [0, 0.1) is 19.8 Å². The Kier molecular flexibility index (Phi) is 6.02. The number of nitrogens with zero attached hydrogens (tertiary/aromatic N) is 2. The molecule has 1 N–H and O–H groups in total. The summed E-state index contributed by atoms with van der Waals surface area (Å²) >= 11 is 0. The van der Waals surface area contributed by atoms with E-state index in [2.05, 4.69) is 5.16 Å². The van der Waals surface area contributed by atoms with Crippen molar-refractivity contribution in [2.45, 2.75) is 52.7 Å². The highest BCUT2D eigenvalue weighted by Gasteiger charge is 2.35. The first-order valence-corrected chi connectivity index (χ1v) is 9.52. The van der Waals surface area contributed by atoms with E-state index in [1.165, 1.54) is 0 Å². The smallest absolute Gasteiger partial charge is 0.308 e. The van der Waals surface area contributed by atoms with Crippen LogP contribution in [-0.2, 0) is 22.6 Å². The van der Waals surface area contributed by atoms with E-state index in [4.69, 9.17) is 9.26 Å². The summed E-state index contributed by atoms with van der Waals surface area (Å²) in [5, 5.41) is 13.2. The Bertz CT molecular complexity index is 823. The molecule has 1 aliphatic heterocycles. The number of rotatable bonds is 6. The van der Waals surface area contributed by atoms with Crippen LogP contribution < -0.4 is 4.74 Å². The van der Waals surface area contributed by atoms with Crippen LogP contribution in [0.15, 0.2) is 28.8 Å². The molecule has 28 heavy (non-hydrogen) atoms. The molecule has 1 saturated heterocycles. The summed E-state index contributed by atoms with van der Waals surface area (Å²) in [6, 6.07) is 7.12. The standard InChI is InChI=1S/C21H26N2O5/c1-13-19(15(3)28-22-13)12-27-17-8-6-16(7-9-17)11-20(24)23-10-4-5-18(14(23)2)21(25)26/h6-9,14,18H,4-5,10-12H2,1-3H3,(H,25,26)/t14-,18-/m1/s1. The summed E-state index contributed by atoms with van der Waals surface area (Å²) in [7, 11) is 0. The van der Waals surface area contributed by atoms with Crippen LogP contribution in [0.3, 0.4) is 0 Å². The van der Waals surface area contributed by atoms with Gasteiger partial charge in [-0.25, -0.2) is 0 Å². The SMILES string of the molecule is Cc1noc(C)c1COc1ccc(CC(=O)N2CCC[C@@H](C(=O)O)[C@H]2C)cc1. The highest BCUT2D eigenvalue weighted by molar-refractivity contribution is 5.80. The zero-order valence-corrected chi connectivity index (χ0v) is 16.5. The van der Waals surface area contributed by atoms with Gasteiger partial charge >= 0.3 is 5.97 Å². The van der Waals surface area contributed by atoms with Gasteiger partial charge in [0.15, 0.2) is 0 Å².